The molecule has 26 heavy (non-hydrogen) atoms. The van der Waals surface area contributed by atoms with E-state index in [-0.39, 0.29) is 19.1 Å². The minimum Gasteiger partial charge on any atom is -0.494 e. The van der Waals surface area contributed by atoms with Gasteiger partial charge in [0.2, 0.25) is 0 Å². The number of amides is 2. The van der Waals surface area contributed by atoms with Gasteiger partial charge in [-0.3, -0.25) is 9.59 Å². The number of aliphatic hydroxyl groups excluding tert-OH is 1. The summed E-state index contributed by atoms with van der Waals surface area (Å²) in [7, 11) is 1.70. The second-order valence-corrected chi connectivity index (χ2v) is 6.67. The molecule has 0 radical (unpaired) electrons. The van der Waals surface area contributed by atoms with Crippen molar-refractivity contribution in [2.45, 2.75) is 6.92 Å². The molecule has 2 heterocycles. The summed E-state index contributed by atoms with van der Waals surface area (Å²) < 4.78 is 5.48. The fraction of sp³-hybridized carbons (Fsp3) is 0.263. The summed E-state index contributed by atoms with van der Waals surface area (Å²) >= 11 is 1.40. The van der Waals surface area contributed by atoms with Crippen molar-refractivity contribution < 1.29 is 19.4 Å². The summed E-state index contributed by atoms with van der Waals surface area (Å²) in [5.41, 5.74) is 1.13. The zero-order chi connectivity index (χ0) is 18.7. The van der Waals surface area contributed by atoms with E-state index in [1.165, 1.54) is 16.2 Å². The van der Waals surface area contributed by atoms with Crippen molar-refractivity contribution in [1.82, 2.24) is 4.90 Å². The third-order valence-corrected chi connectivity index (χ3v) is 4.92. The van der Waals surface area contributed by atoms with Gasteiger partial charge < -0.3 is 14.7 Å². The van der Waals surface area contributed by atoms with E-state index in [1.807, 2.05) is 24.4 Å². The highest BCUT2D eigenvalue weighted by Crippen LogP contribution is 2.36. The summed E-state index contributed by atoms with van der Waals surface area (Å²) in [5.74, 6) is -0.172. The van der Waals surface area contributed by atoms with Crippen LogP contribution >= 0.6 is 11.3 Å². The number of hydrogen-bond acceptors (Lipinski definition) is 6. The van der Waals surface area contributed by atoms with Crippen LogP contribution in [0.25, 0.3) is 5.57 Å². The Morgan fingerprint density at radius 2 is 2.00 bits per heavy atom. The Bertz CT molecular complexity index is 845. The second-order valence-electron chi connectivity index (χ2n) is 5.72. The van der Waals surface area contributed by atoms with Gasteiger partial charge in [-0.25, -0.2) is 4.90 Å². The Labute approximate surface area is 155 Å². The van der Waals surface area contributed by atoms with Crippen molar-refractivity contribution >= 4 is 34.4 Å². The molecule has 136 valence electrons. The number of rotatable bonds is 7. The predicted octanol–water partition coefficient (Wildman–Crippen LogP) is 2.36. The van der Waals surface area contributed by atoms with Crippen LogP contribution in [-0.4, -0.2) is 48.6 Å². The molecule has 7 heteroatoms. The molecule has 0 bridgehead atoms. The molecule has 1 aliphatic heterocycles. The van der Waals surface area contributed by atoms with E-state index >= 15 is 0 Å². The van der Waals surface area contributed by atoms with Gasteiger partial charge in [-0.15, -0.1) is 11.3 Å². The maximum absolute atomic E-state index is 13.1. The fourth-order valence-corrected chi connectivity index (χ4v) is 3.65. The van der Waals surface area contributed by atoms with E-state index < -0.39 is 5.91 Å². The predicted molar refractivity (Wildman–Crippen MR) is 101 cm³/mol. The molecule has 1 aliphatic rings. The lowest BCUT2D eigenvalue weighted by Crippen LogP contribution is -2.34. The normalized spacial score (nSPS) is 14.3. The molecule has 1 N–H and O–H groups in total. The van der Waals surface area contributed by atoms with Gasteiger partial charge in [0.1, 0.15) is 11.4 Å². The average Bonchev–Trinajstić information content (AvgIpc) is 3.22. The number of likely N-dealkylation sites (N-methyl/N-ethyl adjacent to an activating group) is 1. The highest BCUT2D eigenvalue weighted by atomic mass is 32.1. The van der Waals surface area contributed by atoms with Crippen LogP contribution in [-0.2, 0) is 9.59 Å². The first kappa shape index (κ1) is 18.2. The summed E-state index contributed by atoms with van der Waals surface area (Å²) in [6.07, 6.45) is 0. The largest absolute Gasteiger partial charge is 0.494 e. The molecule has 1 aromatic carbocycles. The molecule has 3 rings (SSSR count). The molecule has 0 spiro atoms. The molecule has 2 aromatic rings. The quantitative estimate of drug-likeness (QED) is 0.756. The van der Waals surface area contributed by atoms with Crippen LogP contribution in [0, 0.1) is 0 Å². The van der Waals surface area contributed by atoms with Gasteiger partial charge in [0.05, 0.1) is 24.5 Å². The number of thiophene rings is 1. The number of nitrogens with zero attached hydrogens (tertiary/aromatic N) is 2. The van der Waals surface area contributed by atoms with Crippen molar-refractivity contribution in [3.8, 4) is 5.75 Å². The number of carbonyl (C=O) groups excluding carboxylic acids is 2. The van der Waals surface area contributed by atoms with E-state index in [9.17, 15) is 14.7 Å². The second kappa shape index (κ2) is 7.72. The molecule has 0 saturated heterocycles. The molecule has 6 nitrogen and oxygen atoms in total. The number of hydrogen-bond donors (Lipinski definition) is 1. The molecular weight excluding hydrogens is 352 g/mol. The lowest BCUT2D eigenvalue weighted by atomic mass is 10.2. The lowest BCUT2D eigenvalue weighted by Gasteiger charge is -2.20. The van der Waals surface area contributed by atoms with Crippen molar-refractivity contribution in [3.63, 3.8) is 0 Å². The smallest absolute Gasteiger partial charge is 0.282 e. The van der Waals surface area contributed by atoms with Crippen molar-refractivity contribution in [3.05, 3.63) is 52.4 Å². The summed E-state index contributed by atoms with van der Waals surface area (Å²) in [6.45, 7) is 2.51. The standard InChI is InChI=1S/C19H20N2O4S/c1-3-25-14-7-4-6-13(12-14)21-18(23)16(15-8-5-11-26-15)17(19(21)24)20(2)9-10-22/h4-8,11-12,22H,3,9-10H2,1-2H3. The molecule has 0 atom stereocenters. The Balaban J connectivity index is 2.05. The van der Waals surface area contributed by atoms with Gasteiger partial charge in [-0.1, -0.05) is 12.1 Å². The van der Waals surface area contributed by atoms with Crippen LogP contribution in [0.4, 0.5) is 5.69 Å². The minimum atomic E-state index is -0.400. The summed E-state index contributed by atoms with van der Waals surface area (Å²) in [6, 6.07) is 10.6. The zero-order valence-electron chi connectivity index (χ0n) is 14.6. The average molecular weight is 372 g/mol. The van der Waals surface area contributed by atoms with Gasteiger partial charge in [-0.05, 0) is 30.5 Å². The minimum absolute atomic E-state index is 0.112. The number of ether oxygens (including phenoxy) is 1. The van der Waals surface area contributed by atoms with E-state index in [1.54, 1.807) is 36.2 Å². The van der Waals surface area contributed by atoms with Crippen molar-refractivity contribution in [2.75, 3.05) is 31.7 Å². The first-order valence-electron chi connectivity index (χ1n) is 8.30. The number of aliphatic hydroxyl groups is 1. The first-order valence-corrected chi connectivity index (χ1v) is 9.18. The van der Waals surface area contributed by atoms with Gasteiger partial charge in [0.25, 0.3) is 11.8 Å². The highest BCUT2D eigenvalue weighted by molar-refractivity contribution is 7.11. The molecular formula is C19H20N2O4S. The number of benzene rings is 1. The number of imide groups is 1. The molecule has 0 saturated carbocycles. The Hall–Kier alpha value is -2.64. The van der Waals surface area contributed by atoms with E-state index in [2.05, 4.69) is 0 Å². The van der Waals surface area contributed by atoms with Gasteiger partial charge in [-0.2, -0.15) is 0 Å². The Morgan fingerprint density at radius 1 is 1.19 bits per heavy atom. The summed E-state index contributed by atoms with van der Waals surface area (Å²) in [4.78, 5) is 29.7. The highest BCUT2D eigenvalue weighted by Gasteiger charge is 2.42. The van der Waals surface area contributed by atoms with E-state index in [4.69, 9.17) is 4.74 Å². The van der Waals surface area contributed by atoms with Crippen LogP contribution in [0.15, 0.2) is 47.5 Å². The van der Waals surface area contributed by atoms with Crippen LogP contribution in [0.5, 0.6) is 5.75 Å². The lowest BCUT2D eigenvalue weighted by molar-refractivity contribution is -0.120. The number of anilines is 1. The van der Waals surface area contributed by atoms with Gasteiger partial charge in [0.15, 0.2) is 0 Å². The van der Waals surface area contributed by atoms with Gasteiger partial charge in [0, 0.05) is 24.5 Å². The molecule has 1 aromatic heterocycles. The van der Waals surface area contributed by atoms with Crippen molar-refractivity contribution in [2.24, 2.45) is 0 Å². The Morgan fingerprint density at radius 3 is 2.65 bits per heavy atom. The van der Waals surface area contributed by atoms with E-state index in [0.717, 1.165) is 4.88 Å². The molecule has 0 aliphatic carbocycles. The molecule has 0 fully saturated rings. The topological polar surface area (TPSA) is 70.1 Å². The fourth-order valence-electron chi connectivity index (χ4n) is 2.89. The molecule has 2 amide bonds. The maximum atomic E-state index is 13.1. The van der Waals surface area contributed by atoms with Crippen LogP contribution in [0.2, 0.25) is 0 Å². The number of carbonyl (C=O) groups is 2. The van der Waals surface area contributed by atoms with Crippen LogP contribution in [0.1, 0.15) is 11.8 Å². The molecule has 0 unspecified atom stereocenters. The third kappa shape index (κ3) is 3.23. The third-order valence-electron chi connectivity index (χ3n) is 4.03. The SMILES string of the molecule is CCOc1cccc(N2C(=O)C(c3cccs3)=C(N(C)CCO)C2=O)c1. The van der Waals surface area contributed by atoms with Crippen LogP contribution < -0.4 is 9.64 Å². The monoisotopic (exact) mass is 372 g/mol. The maximum Gasteiger partial charge on any atom is 0.282 e. The summed E-state index contributed by atoms with van der Waals surface area (Å²) in [5, 5.41) is 11.1. The first-order chi connectivity index (χ1) is 12.6. The van der Waals surface area contributed by atoms with Crippen LogP contribution in [0.3, 0.4) is 0 Å². The van der Waals surface area contributed by atoms with E-state index in [0.29, 0.717) is 29.3 Å². The Kier molecular flexibility index (Phi) is 5.39. The van der Waals surface area contributed by atoms with Gasteiger partial charge >= 0.3 is 0 Å². The zero-order valence-corrected chi connectivity index (χ0v) is 15.5. The van der Waals surface area contributed by atoms with Crippen molar-refractivity contribution in [1.29, 1.82) is 0 Å².